The number of rotatable bonds is 4. The summed E-state index contributed by atoms with van der Waals surface area (Å²) in [5, 5.41) is 12.4. The molecule has 0 saturated carbocycles. The molecule has 2 aromatic carbocycles. The average Bonchev–Trinajstić information content (AvgIpc) is 2.39. The van der Waals surface area contributed by atoms with E-state index in [0.717, 1.165) is 11.8 Å². The van der Waals surface area contributed by atoms with Gasteiger partial charge in [-0.3, -0.25) is 0 Å². The lowest BCUT2D eigenvalue weighted by Crippen LogP contribution is -2.08. The third-order valence-corrected chi connectivity index (χ3v) is 3.67. The summed E-state index contributed by atoms with van der Waals surface area (Å²) in [5.41, 5.74) is 1.48. The Labute approximate surface area is 116 Å². The fraction of sp³-hybridized carbons (Fsp3) is 0.200. The van der Waals surface area contributed by atoms with Crippen molar-refractivity contribution < 1.29 is 9.50 Å². The van der Waals surface area contributed by atoms with Gasteiger partial charge in [-0.1, -0.05) is 6.07 Å². The highest BCUT2D eigenvalue weighted by molar-refractivity contribution is 7.98. The SMILES string of the molecule is CSc1ccc(NC(C)c2ccc(O)cc2F)cc1. The highest BCUT2D eigenvalue weighted by atomic mass is 32.2. The van der Waals surface area contributed by atoms with E-state index < -0.39 is 5.82 Å². The Balaban J connectivity index is 2.13. The van der Waals surface area contributed by atoms with E-state index in [1.54, 1.807) is 17.8 Å². The Kier molecular flexibility index (Phi) is 4.32. The molecule has 100 valence electrons. The highest BCUT2D eigenvalue weighted by Gasteiger charge is 2.11. The molecule has 0 aromatic heterocycles. The number of halogens is 1. The zero-order valence-electron chi connectivity index (χ0n) is 10.9. The fourth-order valence-electron chi connectivity index (χ4n) is 1.88. The number of phenols is 1. The lowest BCUT2D eigenvalue weighted by molar-refractivity contribution is 0.467. The van der Waals surface area contributed by atoms with Crippen LogP contribution in [0.2, 0.25) is 0 Å². The number of nitrogens with one attached hydrogen (secondary N) is 1. The molecule has 1 atom stereocenters. The van der Waals surface area contributed by atoms with Gasteiger partial charge in [0, 0.05) is 22.2 Å². The molecule has 2 rings (SSSR count). The molecule has 4 heteroatoms. The monoisotopic (exact) mass is 277 g/mol. The van der Waals surface area contributed by atoms with Crippen molar-refractivity contribution in [1.29, 1.82) is 0 Å². The van der Waals surface area contributed by atoms with Gasteiger partial charge in [0.1, 0.15) is 11.6 Å². The van der Waals surface area contributed by atoms with Gasteiger partial charge in [-0.05, 0) is 43.5 Å². The molecule has 0 amide bonds. The van der Waals surface area contributed by atoms with Gasteiger partial charge in [0.2, 0.25) is 0 Å². The first-order valence-corrected chi connectivity index (χ1v) is 7.21. The Hall–Kier alpha value is -1.68. The topological polar surface area (TPSA) is 32.3 Å². The van der Waals surface area contributed by atoms with Crippen molar-refractivity contribution in [2.45, 2.75) is 17.9 Å². The third-order valence-electron chi connectivity index (χ3n) is 2.92. The predicted octanol–water partition coefficient (Wildman–Crippen LogP) is 4.43. The maximum atomic E-state index is 13.7. The van der Waals surface area contributed by atoms with Gasteiger partial charge in [0.15, 0.2) is 0 Å². The van der Waals surface area contributed by atoms with E-state index >= 15 is 0 Å². The van der Waals surface area contributed by atoms with Crippen molar-refractivity contribution in [1.82, 2.24) is 0 Å². The summed E-state index contributed by atoms with van der Waals surface area (Å²) in [6, 6.07) is 12.0. The van der Waals surface area contributed by atoms with Crippen molar-refractivity contribution in [3.05, 3.63) is 53.8 Å². The number of anilines is 1. The summed E-state index contributed by atoms with van der Waals surface area (Å²) in [5.74, 6) is -0.460. The smallest absolute Gasteiger partial charge is 0.132 e. The van der Waals surface area contributed by atoms with Gasteiger partial charge in [0.05, 0.1) is 6.04 Å². The molecule has 0 spiro atoms. The van der Waals surface area contributed by atoms with Gasteiger partial charge in [0.25, 0.3) is 0 Å². The van der Waals surface area contributed by atoms with Crippen LogP contribution in [0, 0.1) is 5.82 Å². The third kappa shape index (κ3) is 3.41. The molecule has 2 aromatic rings. The molecule has 0 aliphatic rings. The van der Waals surface area contributed by atoms with E-state index in [2.05, 4.69) is 5.32 Å². The minimum Gasteiger partial charge on any atom is -0.508 e. The first-order chi connectivity index (χ1) is 9.10. The van der Waals surface area contributed by atoms with E-state index in [4.69, 9.17) is 0 Å². The highest BCUT2D eigenvalue weighted by Crippen LogP contribution is 2.25. The lowest BCUT2D eigenvalue weighted by atomic mass is 10.1. The number of aromatic hydroxyl groups is 1. The molecule has 0 aliphatic carbocycles. The van der Waals surface area contributed by atoms with Crippen molar-refractivity contribution >= 4 is 17.4 Å². The zero-order valence-corrected chi connectivity index (χ0v) is 11.7. The van der Waals surface area contributed by atoms with Gasteiger partial charge >= 0.3 is 0 Å². The van der Waals surface area contributed by atoms with Crippen LogP contribution in [-0.2, 0) is 0 Å². The molecule has 0 saturated heterocycles. The van der Waals surface area contributed by atoms with E-state index in [-0.39, 0.29) is 11.8 Å². The van der Waals surface area contributed by atoms with Crippen LogP contribution in [0.4, 0.5) is 10.1 Å². The molecule has 0 radical (unpaired) electrons. The molecule has 0 heterocycles. The first-order valence-electron chi connectivity index (χ1n) is 5.99. The lowest BCUT2D eigenvalue weighted by Gasteiger charge is -2.16. The second-order valence-electron chi connectivity index (χ2n) is 4.30. The van der Waals surface area contributed by atoms with E-state index in [1.165, 1.54) is 11.0 Å². The molecule has 0 fully saturated rings. The molecule has 2 N–H and O–H groups in total. The second-order valence-corrected chi connectivity index (χ2v) is 5.18. The summed E-state index contributed by atoms with van der Waals surface area (Å²) in [6.45, 7) is 1.89. The molecule has 19 heavy (non-hydrogen) atoms. The van der Waals surface area contributed by atoms with Crippen LogP contribution >= 0.6 is 11.8 Å². The van der Waals surface area contributed by atoms with Crippen LogP contribution in [0.5, 0.6) is 5.75 Å². The normalized spacial score (nSPS) is 12.2. The van der Waals surface area contributed by atoms with Crippen LogP contribution < -0.4 is 5.32 Å². The van der Waals surface area contributed by atoms with Crippen LogP contribution in [0.3, 0.4) is 0 Å². The Morgan fingerprint density at radius 2 is 1.84 bits per heavy atom. The zero-order chi connectivity index (χ0) is 13.8. The Morgan fingerprint density at radius 3 is 2.42 bits per heavy atom. The number of hydrogen-bond acceptors (Lipinski definition) is 3. The first kappa shape index (κ1) is 13.7. The van der Waals surface area contributed by atoms with Crippen LogP contribution in [0.15, 0.2) is 47.4 Å². The molecule has 0 aliphatic heterocycles. The minimum atomic E-state index is -0.402. The molecule has 0 bridgehead atoms. The van der Waals surface area contributed by atoms with Crippen molar-refractivity contribution in [3.63, 3.8) is 0 Å². The quantitative estimate of drug-likeness (QED) is 0.811. The van der Waals surface area contributed by atoms with Crippen LogP contribution in [0.25, 0.3) is 0 Å². The number of hydrogen-bond donors (Lipinski definition) is 2. The summed E-state index contributed by atoms with van der Waals surface area (Å²) in [7, 11) is 0. The van der Waals surface area contributed by atoms with Gasteiger partial charge in [-0.25, -0.2) is 4.39 Å². The van der Waals surface area contributed by atoms with Gasteiger partial charge in [-0.15, -0.1) is 11.8 Å². The Bertz CT molecular complexity index is 557. The largest absolute Gasteiger partial charge is 0.508 e. The van der Waals surface area contributed by atoms with Crippen molar-refractivity contribution in [2.24, 2.45) is 0 Å². The minimum absolute atomic E-state index is 0.0576. The van der Waals surface area contributed by atoms with Crippen molar-refractivity contribution in [3.8, 4) is 5.75 Å². The number of phenolic OH excluding ortho intramolecular Hbond substituents is 1. The van der Waals surface area contributed by atoms with E-state index in [9.17, 15) is 9.50 Å². The molecule has 1 unspecified atom stereocenters. The molecular formula is C15H16FNOS. The second kappa shape index (κ2) is 5.97. The fourth-order valence-corrected chi connectivity index (χ4v) is 2.29. The predicted molar refractivity (Wildman–Crippen MR) is 78.3 cm³/mol. The maximum Gasteiger partial charge on any atom is 0.132 e. The van der Waals surface area contributed by atoms with Gasteiger partial charge in [-0.2, -0.15) is 0 Å². The molecular weight excluding hydrogens is 261 g/mol. The molecule has 2 nitrogen and oxygen atoms in total. The van der Waals surface area contributed by atoms with Gasteiger partial charge < -0.3 is 10.4 Å². The summed E-state index contributed by atoms with van der Waals surface area (Å²) in [4.78, 5) is 1.19. The maximum absolute atomic E-state index is 13.7. The van der Waals surface area contributed by atoms with Crippen LogP contribution in [-0.4, -0.2) is 11.4 Å². The summed E-state index contributed by atoms with van der Waals surface area (Å²) >= 11 is 1.68. The average molecular weight is 277 g/mol. The van der Waals surface area contributed by atoms with Crippen molar-refractivity contribution in [2.75, 3.05) is 11.6 Å². The number of benzene rings is 2. The summed E-state index contributed by atoms with van der Waals surface area (Å²) in [6.07, 6.45) is 2.02. The number of thioether (sulfide) groups is 1. The van der Waals surface area contributed by atoms with E-state index in [0.29, 0.717) is 5.56 Å². The van der Waals surface area contributed by atoms with E-state index in [1.807, 2.05) is 37.4 Å². The summed E-state index contributed by atoms with van der Waals surface area (Å²) < 4.78 is 13.7. The Morgan fingerprint density at radius 1 is 1.16 bits per heavy atom. The standard InChI is InChI=1S/C15H16FNOS/c1-10(14-8-5-12(18)9-15(14)16)17-11-3-6-13(19-2)7-4-11/h3-10,17-18H,1-2H3. The van der Waals surface area contributed by atoms with Crippen LogP contribution in [0.1, 0.15) is 18.5 Å².